The van der Waals surface area contributed by atoms with Gasteiger partial charge in [0.15, 0.2) is 17.3 Å². The number of hydrogen-bond acceptors (Lipinski definition) is 7. The minimum atomic E-state index is -0.415. The van der Waals surface area contributed by atoms with Crippen LogP contribution in [0.2, 0.25) is 0 Å². The predicted molar refractivity (Wildman–Crippen MR) is 104 cm³/mol. The van der Waals surface area contributed by atoms with Gasteiger partial charge in [-0.05, 0) is 56.3 Å². The summed E-state index contributed by atoms with van der Waals surface area (Å²) in [5.41, 5.74) is 2.60. The first-order valence-corrected chi connectivity index (χ1v) is 9.16. The van der Waals surface area contributed by atoms with Crippen LogP contribution in [0.4, 0.5) is 5.69 Å². The molecule has 8 nitrogen and oxygen atoms in total. The number of nitrogens with one attached hydrogen (secondary N) is 1. The van der Waals surface area contributed by atoms with E-state index >= 15 is 0 Å². The quantitative estimate of drug-likeness (QED) is 0.649. The summed E-state index contributed by atoms with van der Waals surface area (Å²) in [6.45, 7) is 4.82. The maximum Gasteiger partial charge on any atom is 0.336 e. The second kappa shape index (κ2) is 7.77. The summed E-state index contributed by atoms with van der Waals surface area (Å²) >= 11 is 0. The maximum absolute atomic E-state index is 9.41. The van der Waals surface area contributed by atoms with E-state index < -0.39 is 6.10 Å². The highest BCUT2D eigenvalue weighted by Gasteiger charge is 2.19. The van der Waals surface area contributed by atoms with Gasteiger partial charge in [0.1, 0.15) is 0 Å². The zero-order valence-electron chi connectivity index (χ0n) is 15.8. The molecule has 0 saturated carbocycles. The Bertz CT molecular complexity index is 953. The number of aliphatic hydroxyl groups is 1. The van der Waals surface area contributed by atoms with E-state index in [1.165, 1.54) is 0 Å². The lowest BCUT2D eigenvalue weighted by atomic mass is 10.2. The Morgan fingerprint density at radius 1 is 1.18 bits per heavy atom. The zero-order chi connectivity index (χ0) is 19.5. The first kappa shape index (κ1) is 18.1. The lowest BCUT2D eigenvalue weighted by Gasteiger charge is -2.10. The van der Waals surface area contributed by atoms with Crippen molar-refractivity contribution in [2.45, 2.75) is 20.0 Å². The molecule has 1 aromatic heterocycles. The Morgan fingerprint density at radius 2 is 1.96 bits per heavy atom. The molecule has 3 aromatic rings. The lowest BCUT2D eigenvalue weighted by molar-refractivity contribution is 0.174. The molecule has 1 atom stereocenters. The van der Waals surface area contributed by atoms with Crippen molar-refractivity contribution in [1.29, 1.82) is 0 Å². The van der Waals surface area contributed by atoms with Crippen molar-refractivity contribution < 1.29 is 19.3 Å². The SMILES string of the molecule is CCOc1nc(-c2ccc3c(c2)OCO3)n(-c2ccc(NCC(C)O)cc2)n1. The van der Waals surface area contributed by atoms with Gasteiger partial charge in [0.2, 0.25) is 6.79 Å². The van der Waals surface area contributed by atoms with E-state index in [2.05, 4.69) is 15.4 Å². The van der Waals surface area contributed by atoms with Gasteiger partial charge in [-0.2, -0.15) is 4.98 Å². The minimum Gasteiger partial charge on any atom is -0.463 e. The Morgan fingerprint density at radius 3 is 2.71 bits per heavy atom. The van der Waals surface area contributed by atoms with Crippen molar-refractivity contribution in [3.63, 3.8) is 0 Å². The summed E-state index contributed by atoms with van der Waals surface area (Å²) in [6, 6.07) is 13.7. The highest BCUT2D eigenvalue weighted by molar-refractivity contribution is 5.64. The van der Waals surface area contributed by atoms with Gasteiger partial charge in [-0.25, -0.2) is 4.68 Å². The molecule has 2 heterocycles. The number of nitrogens with zero attached hydrogens (tertiary/aromatic N) is 3. The van der Waals surface area contributed by atoms with Gasteiger partial charge in [-0.15, -0.1) is 5.10 Å². The van der Waals surface area contributed by atoms with Gasteiger partial charge in [0, 0.05) is 17.8 Å². The van der Waals surface area contributed by atoms with Crippen LogP contribution in [0, 0.1) is 0 Å². The molecule has 0 amide bonds. The van der Waals surface area contributed by atoms with E-state index in [9.17, 15) is 5.11 Å². The molecule has 2 aromatic carbocycles. The third-order valence-corrected chi connectivity index (χ3v) is 4.21. The van der Waals surface area contributed by atoms with E-state index in [1.54, 1.807) is 11.6 Å². The molecule has 0 bridgehead atoms. The van der Waals surface area contributed by atoms with Crippen LogP contribution in [-0.2, 0) is 0 Å². The topological polar surface area (TPSA) is 90.7 Å². The Kier molecular flexibility index (Phi) is 5.03. The predicted octanol–water partition coefficient (Wildman–Crippen LogP) is 2.85. The summed E-state index contributed by atoms with van der Waals surface area (Å²) in [5, 5.41) is 17.1. The molecule has 2 N–H and O–H groups in total. The van der Waals surface area contributed by atoms with Crippen molar-refractivity contribution >= 4 is 5.69 Å². The summed E-state index contributed by atoms with van der Waals surface area (Å²) in [4.78, 5) is 4.54. The molecule has 0 spiro atoms. The van der Waals surface area contributed by atoms with Gasteiger partial charge in [-0.1, -0.05) is 0 Å². The molecule has 0 aliphatic carbocycles. The number of anilines is 1. The molecule has 1 aliphatic rings. The van der Waals surface area contributed by atoms with Crippen LogP contribution < -0.4 is 19.5 Å². The van der Waals surface area contributed by atoms with E-state index in [1.807, 2.05) is 49.4 Å². The van der Waals surface area contributed by atoms with Gasteiger partial charge >= 0.3 is 6.01 Å². The molecule has 1 aliphatic heterocycles. The molecular weight excluding hydrogens is 360 g/mol. The van der Waals surface area contributed by atoms with Gasteiger partial charge in [0.05, 0.1) is 18.4 Å². The van der Waals surface area contributed by atoms with Crippen molar-refractivity contribution in [3.05, 3.63) is 42.5 Å². The zero-order valence-corrected chi connectivity index (χ0v) is 15.8. The van der Waals surface area contributed by atoms with Crippen molar-refractivity contribution in [2.75, 3.05) is 25.3 Å². The van der Waals surface area contributed by atoms with Crippen LogP contribution in [0.3, 0.4) is 0 Å². The number of hydrogen-bond donors (Lipinski definition) is 2. The maximum atomic E-state index is 9.41. The molecule has 8 heteroatoms. The number of aromatic nitrogens is 3. The first-order valence-electron chi connectivity index (χ1n) is 9.16. The number of fused-ring (bicyclic) bond motifs is 1. The van der Waals surface area contributed by atoms with Crippen LogP contribution in [-0.4, -0.2) is 45.9 Å². The molecule has 0 fully saturated rings. The second-order valence-corrected chi connectivity index (χ2v) is 6.41. The fourth-order valence-corrected chi connectivity index (χ4v) is 2.87. The average Bonchev–Trinajstić information content (AvgIpc) is 3.33. The third kappa shape index (κ3) is 3.72. The highest BCUT2D eigenvalue weighted by Crippen LogP contribution is 2.36. The lowest BCUT2D eigenvalue weighted by Crippen LogP contribution is -2.15. The summed E-state index contributed by atoms with van der Waals surface area (Å²) in [6.07, 6.45) is -0.415. The summed E-state index contributed by atoms with van der Waals surface area (Å²) < 4.78 is 18.1. The van der Waals surface area contributed by atoms with Crippen LogP contribution in [0.25, 0.3) is 17.1 Å². The van der Waals surface area contributed by atoms with Crippen LogP contribution in [0.1, 0.15) is 13.8 Å². The Hall–Kier alpha value is -3.26. The highest BCUT2D eigenvalue weighted by atomic mass is 16.7. The third-order valence-electron chi connectivity index (χ3n) is 4.21. The molecular formula is C20H22N4O4. The van der Waals surface area contributed by atoms with E-state index in [4.69, 9.17) is 14.2 Å². The fraction of sp³-hybridized carbons (Fsp3) is 0.300. The van der Waals surface area contributed by atoms with Crippen LogP contribution in [0.5, 0.6) is 17.5 Å². The molecule has 146 valence electrons. The second-order valence-electron chi connectivity index (χ2n) is 6.41. The normalized spacial score (nSPS) is 13.4. The van der Waals surface area contributed by atoms with E-state index in [0.29, 0.717) is 36.5 Å². The van der Waals surface area contributed by atoms with Crippen molar-refractivity contribution in [1.82, 2.24) is 14.8 Å². The monoisotopic (exact) mass is 382 g/mol. The van der Waals surface area contributed by atoms with Crippen molar-refractivity contribution in [3.8, 4) is 34.6 Å². The number of ether oxygens (including phenoxy) is 3. The van der Waals surface area contributed by atoms with E-state index in [-0.39, 0.29) is 6.79 Å². The smallest absolute Gasteiger partial charge is 0.336 e. The Balaban J connectivity index is 1.68. The van der Waals surface area contributed by atoms with Gasteiger partial charge < -0.3 is 24.6 Å². The molecule has 0 radical (unpaired) electrons. The Labute approximate surface area is 162 Å². The van der Waals surface area contributed by atoms with Gasteiger partial charge in [0.25, 0.3) is 0 Å². The van der Waals surface area contributed by atoms with Crippen LogP contribution in [0.15, 0.2) is 42.5 Å². The van der Waals surface area contributed by atoms with Gasteiger partial charge in [-0.3, -0.25) is 0 Å². The average molecular weight is 382 g/mol. The molecule has 1 unspecified atom stereocenters. The summed E-state index contributed by atoms with van der Waals surface area (Å²) in [7, 11) is 0. The molecule has 4 rings (SSSR count). The standard InChI is InChI=1S/C20H22N4O4/c1-3-26-20-22-19(14-4-9-17-18(10-14)28-12-27-17)24(23-20)16-7-5-15(6-8-16)21-11-13(2)25/h4-10,13,21,25H,3,11-12H2,1-2H3. The summed E-state index contributed by atoms with van der Waals surface area (Å²) in [5.74, 6) is 2.04. The fourth-order valence-electron chi connectivity index (χ4n) is 2.87. The van der Waals surface area contributed by atoms with Crippen molar-refractivity contribution in [2.24, 2.45) is 0 Å². The van der Waals surface area contributed by atoms with Crippen LogP contribution >= 0.6 is 0 Å². The number of benzene rings is 2. The largest absolute Gasteiger partial charge is 0.463 e. The minimum absolute atomic E-state index is 0.219. The molecule has 0 saturated heterocycles. The molecule has 28 heavy (non-hydrogen) atoms. The first-order chi connectivity index (χ1) is 13.6. The number of rotatable bonds is 7. The number of aliphatic hydroxyl groups excluding tert-OH is 1. The van der Waals surface area contributed by atoms with E-state index in [0.717, 1.165) is 16.9 Å².